The Morgan fingerprint density at radius 3 is 2.36 bits per heavy atom. The van der Waals surface area contributed by atoms with Gasteiger partial charge in [-0.2, -0.15) is 0 Å². The molecule has 2 unspecified atom stereocenters. The highest BCUT2D eigenvalue weighted by atomic mass is 35.5. The highest BCUT2D eigenvalue weighted by Gasteiger charge is 2.41. The number of benzene rings is 1. The van der Waals surface area contributed by atoms with Crippen molar-refractivity contribution in [2.75, 3.05) is 0 Å². The smallest absolute Gasteiger partial charge is 0.252 e. The first-order chi connectivity index (χ1) is 9.91. The lowest BCUT2D eigenvalue weighted by molar-refractivity contribution is -0.141. The van der Waals surface area contributed by atoms with Gasteiger partial charge in [-0.1, -0.05) is 30.3 Å². The van der Waals surface area contributed by atoms with Crippen LogP contribution in [0.1, 0.15) is 31.9 Å². The van der Waals surface area contributed by atoms with Crippen LogP contribution in [0.5, 0.6) is 0 Å². The molecule has 6 nitrogen and oxygen atoms in total. The van der Waals surface area contributed by atoms with Gasteiger partial charge in [-0.3, -0.25) is 19.3 Å². The second kappa shape index (κ2) is 7.38. The van der Waals surface area contributed by atoms with Crippen molar-refractivity contribution in [3.8, 4) is 0 Å². The summed E-state index contributed by atoms with van der Waals surface area (Å²) >= 11 is 0. The number of nitrogens with one attached hydrogen (secondary N) is 1. The van der Waals surface area contributed by atoms with Crippen molar-refractivity contribution in [3.05, 3.63) is 35.9 Å². The van der Waals surface area contributed by atoms with E-state index < -0.39 is 18.0 Å². The summed E-state index contributed by atoms with van der Waals surface area (Å²) < 4.78 is 0. The zero-order valence-electron chi connectivity index (χ0n) is 12.5. The van der Waals surface area contributed by atoms with E-state index in [1.54, 1.807) is 38.1 Å². The molecule has 0 aromatic heterocycles. The number of hydrogen-bond donors (Lipinski definition) is 2. The third kappa shape index (κ3) is 3.64. The number of imide groups is 1. The number of nitrogens with two attached hydrogens (primary N) is 1. The summed E-state index contributed by atoms with van der Waals surface area (Å²) in [5, 5.41) is 2.57. The predicted molar refractivity (Wildman–Crippen MR) is 84.2 cm³/mol. The van der Waals surface area contributed by atoms with Crippen LogP contribution in [0.3, 0.4) is 0 Å². The number of amides is 3. The van der Waals surface area contributed by atoms with E-state index in [0.29, 0.717) is 5.56 Å². The summed E-state index contributed by atoms with van der Waals surface area (Å²) in [6.45, 7) is 3.52. The van der Waals surface area contributed by atoms with Gasteiger partial charge in [0.05, 0.1) is 6.42 Å². The summed E-state index contributed by atoms with van der Waals surface area (Å²) in [6.07, 6.45) is -0.00966. The molecule has 1 aliphatic heterocycles. The van der Waals surface area contributed by atoms with Crippen molar-refractivity contribution in [2.24, 2.45) is 5.73 Å². The van der Waals surface area contributed by atoms with Gasteiger partial charge < -0.3 is 11.1 Å². The van der Waals surface area contributed by atoms with Crippen molar-refractivity contribution in [3.63, 3.8) is 0 Å². The Kier molecular flexibility index (Phi) is 6.08. The number of hydrogen-bond acceptors (Lipinski definition) is 4. The normalized spacial score (nSPS) is 19.1. The molecule has 3 amide bonds. The third-order valence-corrected chi connectivity index (χ3v) is 3.46. The molecule has 1 aromatic carbocycles. The summed E-state index contributed by atoms with van der Waals surface area (Å²) in [4.78, 5) is 37.2. The largest absolute Gasteiger partial charge is 0.342 e. The summed E-state index contributed by atoms with van der Waals surface area (Å²) in [7, 11) is 0. The van der Waals surface area contributed by atoms with E-state index in [9.17, 15) is 14.4 Å². The Labute approximate surface area is 135 Å². The number of carbonyl (C=O) groups is 3. The van der Waals surface area contributed by atoms with Crippen LogP contribution in [0.4, 0.5) is 0 Å². The monoisotopic (exact) mass is 325 g/mol. The second-order valence-electron chi connectivity index (χ2n) is 5.35. The van der Waals surface area contributed by atoms with Crippen molar-refractivity contribution in [1.82, 2.24) is 10.2 Å². The lowest BCUT2D eigenvalue weighted by atomic mass is 10.1. The Hall–Kier alpha value is -1.92. The van der Waals surface area contributed by atoms with Crippen LogP contribution in [0.2, 0.25) is 0 Å². The van der Waals surface area contributed by atoms with Gasteiger partial charge in [-0.15, -0.1) is 12.4 Å². The van der Waals surface area contributed by atoms with E-state index in [-0.39, 0.29) is 36.7 Å². The highest BCUT2D eigenvalue weighted by molar-refractivity contribution is 6.07. The van der Waals surface area contributed by atoms with Gasteiger partial charge in [0.15, 0.2) is 0 Å². The van der Waals surface area contributed by atoms with E-state index >= 15 is 0 Å². The number of rotatable bonds is 4. The fourth-order valence-corrected chi connectivity index (χ4v) is 2.38. The van der Waals surface area contributed by atoms with Crippen LogP contribution in [-0.4, -0.2) is 34.7 Å². The molecule has 1 fully saturated rings. The van der Waals surface area contributed by atoms with Crippen LogP contribution in [0.25, 0.3) is 0 Å². The molecule has 0 spiro atoms. The van der Waals surface area contributed by atoms with E-state index in [1.165, 1.54) is 4.90 Å². The average molecular weight is 326 g/mol. The molecule has 1 aliphatic rings. The summed E-state index contributed by atoms with van der Waals surface area (Å²) in [5.74, 6) is -1.10. The SMILES string of the molecule is CC(C)N1C(=O)CC(NC(=O)C(N)c2ccccc2)C1=O.Cl. The minimum atomic E-state index is -0.859. The number of halogens is 1. The van der Waals surface area contributed by atoms with Gasteiger partial charge in [0.2, 0.25) is 11.8 Å². The maximum Gasteiger partial charge on any atom is 0.252 e. The minimum absolute atomic E-state index is 0. The van der Waals surface area contributed by atoms with Crippen molar-refractivity contribution in [1.29, 1.82) is 0 Å². The molecular formula is C15H20ClN3O3. The molecule has 120 valence electrons. The van der Waals surface area contributed by atoms with Crippen LogP contribution < -0.4 is 11.1 Å². The lowest BCUT2D eigenvalue weighted by Crippen LogP contribution is -2.46. The molecule has 7 heteroatoms. The molecular weight excluding hydrogens is 306 g/mol. The maximum absolute atomic E-state index is 12.1. The van der Waals surface area contributed by atoms with E-state index in [4.69, 9.17) is 5.73 Å². The quantitative estimate of drug-likeness (QED) is 0.799. The van der Waals surface area contributed by atoms with Crippen molar-refractivity contribution >= 4 is 30.1 Å². The zero-order valence-corrected chi connectivity index (χ0v) is 13.3. The van der Waals surface area contributed by atoms with Gasteiger partial charge in [0.1, 0.15) is 12.1 Å². The first-order valence-electron chi connectivity index (χ1n) is 6.88. The highest BCUT2D eigenvalue weighted by Crippen LogP contribution is 2.17. The Morgan fingerprint density at radius 2 is 1.86 bits per heavy atom. The molecule has 3 N–H and O–H groups in total. The molecule has 1 saturated heterocycles. The van der Waals surface area contributed by atoms with Gasteiger partial charge in [0.25, 0.3) is 5.91 Å². The third-order valence-electron chi connectivity index (χ3n) is 3.46. The van der Waals surface area contributed by atoms with E-state index in [2.05, 4.69) is 5.32 Å². The summed E-state index contributed by atoms with van der Waals surface area (Å²) in [6, 6.07) is 6.99. The molecule has 0 radical (unpaired) electrons. The van der Waals surface area contributed by atoms with Crippen LogP contribution in [0, 0.1) is 0 Å². The first kappa shape index (κ1) is 18.1. The molecule has 0 saturated carbocycles. The first-order valence-corrected chi connectivity index (χ1v) is 6.88. The van der Waals surface area contributed by atoms with Crippen molar-refractivity contribution in [2.45, 2.75) is 38.4 Å². The second-order valence-corrected chi connectivity index (χ2v) is 5.35. The topological polar surface area (TPSA) is 92.5 Å². The predicted octanol–water partition coefficient (Wildman–Crippen LogP) is 0.760. The molecule has 0 bridgehead atoms. The zero-order chi connectivity index (χ0) is 15.6. The molecule has 2 rings (SSSR count). The van der Waals surface area contributed by atoms with Crippen LogP contribution in [0.15, 0.2) is 30.3 Å². The fourth-order valence-electron chi connectivity index (χ4n) is 2.38. The molecule has 1 heterocycles. The van der Waals surface area contributed by atoms with Gasteiger partial charge in [-0.05, 0) is 19.4 Å². The number of likely N-dealkylation sites (tertiary alicyclic amines) is 1. The lowest BCUT2D eigenvalue weighted by Gasteiger charge is -2.20. The van der Waals surface area contributed by atoms with Crippen LogP contribution in [-0.2, 0) is 14.4 Å². The standard InChI is InChI=1S/C15H19N3O3.ClH/c1-9(2)18-12(19)8-11(15(18)21)17-14(20)13(16)10-6-4-3-5-7-10;/h3-7,9,11,13H,8,16H2,1-2H3,(H,17,20);1H. The fraction of sp³-hybridized carbons (Fsp3) is 0.400. The number of nitrogens with zero attached hydrogens (tertiary/aromatic N) is 1. The molecule has 2 atom stereocenters. The number of carbonyl (C=O) groups excluding carboxylic acids is 3. The summed E-state index contributed by atoms with van der Waals surface area (Å²) in [5.41, 5.74) is 6.53. The van der Waals surface area contributed by atoms with Gasteiger partial charge >= 0.3 is 0 Å². The van der Waals surface area contributed by atoms with Crippen LogP contribution >= 0.6 is 12.4 Å². The maximum atomic E-state index is 12.1. The van der Waals surface area contributed by atoms with E-state index in [0.717, 1.165) is 0 Å². The van der Waals surface area contributed by atoms with Crippen molar-refractivity contribution < 1.29 is 14.4 Å². The molecule has 1 aromatic rings. The molecule has 22 heavy (non-hydrogen) atoms. The Morgan fingerprint density at radius 1 is 1.27 bits per heavy atom. The van der Waals surface area contributed by atoms with Gasteiger partial charge in [-0.25, -0.2) is 0 Å². The molecule has 0 aliphatic carbocycles. The minimum Gasteiger partial charge on any atom is -0.342 e. The van der Waals surface area contributed by atoms with E-state index in [1.807, 2.05) is 6.07 Å². The Bertz CT molecular complexity index is 562. The Balaban J connectivity index is 0.00000242. The van der Waals surface area contributed by atoms with Gasteiger partial charge in [0, 0.05) is 6.04 Å². The average Bonchev–Trinajstić information content (AvgIpc) is 2.73.